The van der Waals surface area contributed by atoms with Crippen molar-refractivity contribution in [3.63, 3.8) is 0 Å². The highest BCUT2D eigenvalue weighted by atomic mass is 15.1. The molecule has 0 atom stereocenters. The summed E-state index contributed by atoms with van der Waals surface area (Å²) in [6.45, 7) is 0. The highest BCUT2D eigenvalue weighted by Crippen LogP contribution is 2.66. The van der Waals surface area contributed by atoms with Gasteiger partial charge in [-0.1, -0.05) is 200 Å². The van der Waals surface area contributed by atoms with Crippen molar-refractivity contribution in [3.05, 3.63) is 305 Å². The quantitative estimate of drug-likeness (QED) is 0.171. The third-order valence-electron chi connectivity index (χ3n) is 17.4. The van der Waals surface area contributed by atoms with Gasteiger partial charge in [0, 0.05) is 17.1 Å². The maximum absolute atomic E-state index is 2.53. The number of fused-ring (bicyclic) bond motifs is 26. The summed E-state index contributed by atoms with van der Waals surface area (Å²) in [6, 6.07) is 99.0. The van der Waals surface area contributed by atoms with Crippen molar-refractivity contribution in [1.29, 1.82) is 0 Å². The number of nitrogens with zero attached hydrogens (tertiary/aromatic N) is 1. The second-order valence-electron chi connectivity index (χ2n) is 20.6. The highest BCUT2D eigenvalue weighted by Gasteiger charge is 2.53. The molecule has 73 heavy (non-hydrogen) atoms. The summed E-state index contributed by atoms with van der Waals surface area (Å²) in [5.74, 6) is 0. The normalized spacial score (nSPS) is 14.2. The molecule has 336 valence electrons. The van der Waals surface area contributed by atoms with Crippen LogP contribution in [-0.2, 0) is 10.8 Å². The van der Waals surface area contributed by atoms with E-state index in [9.17, 15) is 0 Å². The first-order valence-corrected chi connectivity index (χ1v) is 25.7. The molecule has 0 N–H and O–H groups in total. The lowest BCUT2D eigenvalue weighted by Crippen LogP contribution is -2.25. The molecular weight excluding hydrogens is 879 g/mol. The molecule has 0 aromatic heterocycles. The lowest BCUT2D eigenvalue weighted by Gasteiger charge is -2.31. The molecule has 2 spiro atoms. The lowest BCUT2D eigenvalue weighted by atomic mass is 9.70. The monoisotopic (exact) mass is 921 g/mol. The molecule has 13 aromatic carbocycles. The van der Waals surface area contributed by atoms with Gasteiger partial charge in [0.15, 0.2) is 0 Å². The SMILES string of the molecule is c1ccc(N(c2ccc3cc4c(cc3c2)C2(c3ccccc3-c3ccccc32)c2ccc3ccccc3c2-4)c2ccc3cc4c(cc3c2)C2(c3ccccc3-c3ccccc32)c2ccc3ccccc3c2-4)cc1. The summed E-state index contributed by atoms with van der Waals surface area (Å²) in [4.78, 5) is 2.45. The van der Waals surface area contributed by atoms with Gasteiger partial charge in [-0.05, 0) is 193 Å². The van der Waals surface area contributed by atoms with Crippen LogP contribution >= 0.6 is 0 Å². The maximum Gasteiger partial charge on any atom is 0.0725 e. The van der Waals surface area contributed by atoms with Crippen molar-refractivity contribution in [2.24, 2.45) is 0 Å². The van der Waals surface area contributed by atoms with Crippen LogP contribution in [0.4, 0.5) is 17.1 Å². The molecule has 0 saturated carbocycles. The Morgan fingerprint density at radius 2 is 0.575 bits per heavy atom. The topological polar surface area (TPSA) is 3.24 Å². The Hall–Kier alpha value is -9.30. The van der Waals surface area contributed by atoms with Gasteiger partial charge in [0.1, 0.15) is 0 Å². The number of hydrogen-bond donors (Lipinski definition) is 0. The largest absolute Gasteiger partial charge is 0.310 e. The number of anilines is 3. The minimum Gasteiger partial charge on any atom is -0.310 e. The zero-order valence-corrected chi connectivity index (χ0v) is 39.8. The second-order valence-corrected chi connectivity index (χ2v) is 20.6. The van der Waals surface area contributed by atoms with E-state index in [1.807, 2.05) is 0 Å². The minimum absolute atomic E-state index is 0.451. The van der Waals surface area contributed by atoms with Crippen LogP contribution in [-0.4, -0.2) is 0 Å². The van der Waals surface area contributed by atoms with Crippen LogP contribution in [0.1, 0.15) is 44.5 Å². The van der Waals surface area contributed by atoms with E-state index in [0.29, 0.717) is 0 Å². The summed E-state index contributed by atoms with van der Waals surface area (Å²) in [5.41, 5.74) is 23.9. The number of hydrogen-bond acceptors (Lipinski definition) is 1. The van der Waals surface area contributed by atoms with Crippen molar-refractivity contribution in [1.82, 2.24) is 0 Å². The van der Waals surface area contributed by atoms with Crippen LogP contribution in [0.3, 0.4) is 0 Å². The summed E-state index contributed by atoms with van der Waals surface area (Å²) >= 11 is 0. The van der Waals surface area contributed by atoms with Gasteiger partial charge in [-0.3, -0.25) is 0 Å². The Kier molecular flexibility index (Phi) is 7.66. The third kappa shape index (κ3) is 4.92. The average Bonchev–Trinajstić information content (AvgIpc) is 4.13. The highest BCUT2D eigenvalue weighted by molar-refractivity contribution is 6.11. The van der Waals surface area contributed by atoms with Crippen molar-refractivity contribution in [2.75, 3.05) is 4.90 Å². The predicted molar refractivity (Wildman–Crippen MR) is 304 cm³/mol. The number of benzene rings is 13. The number of rotatable bonds is 3. The van der Waals surface area contributed by atoms with Gasteiger partial charge in [-0.15, -0.1) is 0 Å². The average molecular weight is 922 g/mol. The Labute approximate surface area is 423 Å². The predicted octanol–water partition coefficient (Wildman–Crippen LogP) is 18.5. The van der Waals surface area contributed by atoms with Crippen molar-refractivity contribution < 1.29 is 0 Å². The fourth-order valence-corrected chi connectivity index (χ4v) is 14.6. The van der Waals surface area contributed by atoms with Gasteiger partial charge in [-0.2, -0.15) is 0 Å². The molecule has 1 heteroatoms. The molecule has 1 nitrogen and oxygen atoms in total. The van der Waals surface area contributed by atoms with E-state index in [2.05, 4.69) is 266 Å². The zero-order valence-electron chi connectivity index (χ0n) is 39.8. The molecule has 4 aliphatic carbocycles. The van der Waals surface area contributed by atoms with Gasteiger partial charge >= 0.3 is 0 Å². The zero-order chi connectivity index (χ0) is 47.6. The standard InChI is InChI=1S/C72H43N/c1-2-18-50(19-3-1)73(51-34-30-46-40-59-67(42-48(46)38-51)71(65-36-32-44-16-4-6-20-53(44)69(59)65)61-26-12-8-22-55(61)56-23-9-13-27-62(56)71)52-35-31-47-41-60-68(43-49(47)39-52)72(66-37-33-45-17-5-7-21-54(45)70(60)66)63-28-14-10-24-57(63)58-25-11-15-29-64(58)72/h1-43H. The second kappa shape index (κ2) is 14.2. The molecule has 0 unspecified atom stereocenters. The first kappa shape index (κ1) is 39.4. The van der Waals surface area contributed by atoms with Crippen molar-refractivity contribution in [3.8, 4) is 44.5 Å². The molecule has 0 aliphatic heterocycles. The van der Waals surface area contributed by atoms with E-state index in [1.54, 1.807) is 0 Å². The maximum atomic E-state index is 2.53. The Morgan fingerprint density at radius 3 is 1.01 bits per heavy atom. The van der Waals surface area contributed by atoms with Gasteiger partial charge in [0.25, 0.3) is 0 Å². The van der Waals surface area contributed by atoms with Crippen LogP contribution < -0.4 is 4.90 Å². The van der Waals surface area contributed by atoms with Gasteiger partial charge < -0.3 is 4.90 Å². The lowest BCUT2D eigenvalue weighted by molar-refractivity contribution is 0.795. The first-order chi connectivity index (χ1) is 36.2. The van der Waals surface area contributed by atoms with Gasteiger partial charge in [-0.25, -0.2) is 0 Å². The van der Waals surface area contributed by atoms with E-state index < -0.39 is 10.8 Å². The smallest absolute Gasteiger partial charge is 0.0725 e. The molecule has 4 aliphatic rings. The molecule has 0 radical (unpaired) electrons. The Balaban J connectivity index is 0.890. The van der Waals surface area contributed by atoms with Crippen LogP contribution in [0, 0.1) is 0 Å². The molecule has 0 bridgehead atoms. The summed E-state index contributed by atoms with van der Waals surface area (Å²) < 4.78 is 0. The molecule has 0 saturated heterocycles. The first-order valence-electron chi connectivity index (χ1n) is 25.7. The van der Waals surface area contributed by atoms with E-state index in [4.69, 9.17) is 0 Å². The van der Waals surface area contributed by atoms with E-state index in [1.165, 1.54) is 132 Å². The molecule has 13 aromatic rings. The van der Waals surface area contributed by atoms with E-state index >= 15 is 0 Å². The summed E-state index contributed by atoms with van der Waals surface area (Å²) in [5, 5.41) is 10.0. The molecule has 0 amide bonds. The minimum atomic E-state index is -0.451. The van der Waals surface area contributed by atoms with Crippen LogP contribution in [0.2, 0.25) is 0 Å². The molecule has 0 heterocycles. The van der Waals surface area contributed by atoms with E-state index in [0.717, 1.165) is 17.1 Å². The van der Waals surface area contributed by atoms with Gasteiger partial charge in [0.05, 0.1) is 10.8 Å². The fraction of sp³-hybridized carbons (Fsp3) is 0.0278. The van der Waals surface area contributed by atoms with Gasteiger partial charge in [0.2, 0.25) is 0 Å². The Morgan fingerprint density at radius 1 is 0.205 bits per heavy atom. The van der Waals surface area contributed by atoms with Crippen molar-refractivity contribution >= 4 is 60.2 Å². The third-order valence-corrected chi connectivity index (χ3v) is 17.4. The molecule has 0 fully saturated rings. The summed E-state index contributed by atoms with van der Waals surface area (Å²) in [7, 11) is 0. The Bertz CT molecular complexity index is 4210. The van der Waals surface area contributed by atoms with E-state index in [-0.39, 0.29) is 0 Å². The van der Waals surface area contributed by atoms with Crippen molar-refractivity contribution in [2.45, 2.75) is 10.8 Å². The van der Waals surface area contributed by atoms with Crippen LogP contribution in [0.25, 0.3) is 87.6 Å². The van der Waals surface area contributed by atoms with Crippen LogP contribution in [0.15, 0.2) is 261 Å². The summed E-state index contributed by atoms with van der Waals surface area (Å²) in [6.07, 6.45) is 0. The number of para-hydroxylation sites is 1. The van der Waals surface area contributed by atoms with Crippen LogP contribution in [0.5, 0.6) is 0 Å². The molecule has 17 rings (SSSR count). The fourth-order valence-electron chi connectivity index (χ4n) is 14.6. The molecular formula is C72H43N.